The first kappa shape index (κ1) is 17.5. The standard InChI is InChI=1S/C18H18FNO4/c1-2-24-15-9-5-12(6-10-15)16(11-17(21)22)20-18(23)13-3-7-14(19)8-4-13/h3-10,16H,2,11H2,1H3,(H,20,23)(H,21,22)/t16-/m1/s1. The van der Waals surface area contributed by atoms with Gasteiger partial charge in [-0.05, 0) is 48.9 Å². The molecule has 1 atom stereocenters. The van der Waals surface area contributed by atoms with E-state index in [1.165, 1.54) is 24.3 Å². The van der Waals surface area contributed by atoms with E-state index in [-0.39, 0.29) is 12.0 Å². The Hall–Kier alpha value is -2.89. The molecule has 0 bridgehead atoms. The lowest BCUT2D eigenvalue weighted by molar-refractivity contribution is -0.137. The third-order valence-corrected chi connectivity index (χ3v) is 3.38. The van der Waals surface area contributed by atoms with Crippen molar-refractivity contribution in [3.05, 3.63) is 65.5 Å². The minimum atomic E-state index is -1.03. The summed E-state index contributed by atoms with van der Waals surface area (Å²) in [5.74, 6) is -1.27. The third kappa shape index (κ3) is 4.81. The van der Waals surface area contributed by atoms with E-state index in [2.05, 4.69) is 5.32 Å². The summed E-state index contributed by atoms with van der Waals surface area (Å²) in [6, 6.07) is 11.2. The van der Waals surface area contributed by atoms with Gasteiger partial charge in [0.1, 0.15) is 11.6 Å². The van der Waals surface area contributed by atoms with Gasteiger partial charge in [-0.3, -0.25) is 9.59 Å². The highest BCUT2D eigenvalue weighted by Gasteiger charge is 2.19. The number of halogens is 1. The Morgan fingerprint density at radius 1 is 1.12 bits per heavy atom. The van der Waals surface area contributed by atoms with Crippen LogP contribution in [0.3, 0.4) is 0 Å². The van der Waals surface area contributed by atoms with Crippen LogP contribution in [0.2, 0.25) is 0 Å². The summed E-state index contributed by atoms with van der Waals surface area (Å²) in [6.45, 7) is 2.39. The van der Waals surface area contributed by atoms with E-state index in [1.54, 1.807) is 24.3 Å². The van der Waals surface area contributed by atoms with Crippen LogP contribution in [0, 0.1) is 5.82 Å². The zero-order valence-electron chi connectivity index (χ0n) is 13.2. The predicted octanol–water partition coefficient (Wildman–Crippen LogP) is 3.17. The van der Waals surface area contributed by atoms with E-state index in [1.807, 2.05) is 6.92 Å². The number of carbonyl (C=O) groups is 2. The molecule has 0 unspecified atom stereocenters. The highest BCUT2D eigenvalue weighted by atomic mass is 19.1. The molecule has 5 nitrogen and oxygen atoms in total. The molecule has 2 rings (SSSR count). The zero-order valence-corrected chi connectivity index (χ0v) is 13.2. The van der Waals surface area contributed by atoms with E-state index in [0.717, 1.165) is 0 Å². The van der Waals surface area contributed by atoms with Crippen LogP contribution in [-0.4, -0.2) is 23.6 Å². The van der Waals surface area contributed by atoms with Crippen molar-refractivity contribution in [2.45, 2.75) is 19.4 Å². The van der Waals surface area contributed by atoms with E-state index < -0.39 is 23.7 Å². The normalized spacial score (nSPS) is 11.6. The highest BCUT2D eigenvalue weighted by Crippen LogP contribution is 2.21. The van der Waals surface area contributed by atoms with Crippen molar-refractivity contribution in [1.82, 2.24) is 5.32 Å². The number of nitrogens with one attached hydrogen (secondary N) is 1. The second-order valence-electron chi connectivity index (χ2n) is 5.13. The molecule has 0 saturated carbocycles. The summed E-state index contributed by atoms with van der Waals surface area (Å²) in [6.07, 6.45) is -0.263. The van der Waals surface area contributed by atoms with Gasteiger partial charge in [0, 0.05) is 5.56 Å². The number of carbonyl (C=O) groups excluding carboxylic acids is 1. The smallest absolute Gasteiger partial charge is 0.305 e. The van der Waals surface area contributed by atoms with Crippen molar-refractivity contribution in [3.8, 4) is 5.75 Å². The lowest BCUT2D eigenvalue weighted by atomic mass is 10.0. The summed E-state index contributed by atoms with van der Waals surface area (Å²) >= 11 is 0. The quantitative estimate of drug-likeness (QED) is 0.817. The van der Waals surface area contributed by atoms with Gasteiger partial charge in [0.2, 0.25) is 0 Å². The van der Waals surface area contributed by atoms with Gasteiger partial charge in [-0.25, -0.2) is 4.39 Å². The first-order valence-electron chi connectivity index (χ1n) is 7.50. The average molecular weight is 331 g/mol. The largest absolute Gasteiger partial charge is 0.494 e. The molecule has 0 spiro atoms. The molecule has 0 radical (unpaired) electrons. The van der Waals surface area contributed by atoms with E-state index >= 15 is 0 Å². The van der Waals surface area contributed by atoms with Crippen LogP contribution in [0.15, 0.2) is 48.5 Å². The summed E-state index contributed by atoms with van der Waals surface area (Å²) in [5, 5.41) is 11.7. The van der Waals surface area contributed by atoms with Crippen LogP contribution in [0.5, 0.6) is 5.75 Å². The number of amides is 1. The van der Waals surface area contributed by atoms with Gasteiger partial charge in [-0.2, -0.15) is 0 Å². The van der Waals surface area contributed by atoms with Crippen LogP contribution < -0.4 is 10.1 Å². The molecule has 24 heavy (non-hydrogen) atoms. The van der Waals surface area contributed by atoms with E-state index in [9.17, 15) is 14.0 Å². The van der Waals surface area contributed by atoms with Gasteiger partial charge in [0.25, 0.3) is 5.91 Å². The summed E-state index contributed by atoms with van der Waals surface area (Å²) in [5.41, 5.74) is 0.911. The molecule has 2 aromatic rings. The molecule has 1 amide bonds. The number of carboxylic acids is 1. The fourth-order valence-electron chi connectivity index (χ4n) is 2.23. The molecule has 2 aromatic carbocycles. The highest BCUT2D eigenvalue weighted by molar-refractivity contribution is 5.94. The molecule has 126 valence electrons. The minimum absolute atomic E-state index is 0.262. The maximum atomic E-state index is 12.9. The molecule has 0 heterocycles. The second-order valence-corrected chi connectivity index (χ2v) is 5.13. The SMILES string of the molecule is CCOc1ccc([C@@H](CC(=O)O)NC(=O)c2ccc(F)cc2)cc1. The van der Waals surface area contributed by atoms with Gasteiger partial charge < -0.3 is 15.2 Å². The predicted molar refractivity (Wildman–Crippen MR) is 86.5 cm³/mol. The molecular weight excluding hydrogens is 313 g/mol. The summed E-state index contributed by atoms with van der Waals surface area (Å²) in [7, 11) is 0. The number of benzene rings is 2. The second kappa shape index (κ2) is 8.10. The number of aliphatic carboxylic acids is 1. The maximum absolute atomic E-state index is 12.9. The van der Waals surface area contributed by atoms with Crippen molar-refractivity contribution >= 4 is 11.9 Å². The Morgan fingerprint density at radius 2 is 1.75 bits per heavy atom. The van der Waals surface area contributed by atoms with Gasteiger partial charge in [0.05, 0.1) is 19.1 Å². The van der Waals surface area contributed by atoms with Crippen LogP contribution in [0.4, 0.5) is 4.39 Å². The molecule has 0 aliphatic rings. The van der Waals surface area contributed by atoms with Crippen molar-refractivity contribution in [2.24, 2.45) is 0 Å². The molecule has 0 aliphatic heterocycles. The number of hydrogen-bond acceptors (Lipinski definition) is 3. The summed E-state index contributed by atoms with van der Waals surface area (Å²) in [4.78, 5) is 23.3. The zero-order chi connectivity index (χ0) is 17.5. The Morgan fingerprint density at radius 3 is 2.29 bits per heavy atom. The lowest BCUT2D eigenvalue weighted by Gasteiger charge is -2.18. The van der Waals surface area contributed by atoms with Crippen LogP contribution in [0.1, 0.15) is 35.3 Å². The Labute approximate surface area is 139 Å². The third-order valence-electron chi connectivity index (χ3n) is 3.38. The summed E-state index contributed by atoms with van der Waals surface area (Å²) < 4.78 is 18.3. The van der Waals surface area contributed by atoms with Crippen molar-refractivity contribution in [1.29, 1.82) is 0 Å². The van der Waals surface area contributed by atoms with Gasteiger partial charge in [-0.1, -0.05) is 12.1 Å². The number of hydrogen-bond donors (Lipinski definition) is 2. The maximum Gasteiger partial charge on any atom is 0.305 e. The first-order chi connectivity index (χ1) is 11.5. The van der Waals surface area contributed by atoms with Gasteiger partial charge in [-0.15, -0.1) is 0 Å². The molecular formula is C18H18FNO4. The molecule has 6 heteroatoms. The van der Waals surface area contributed by atoms with E-state index in [0.29, 0.717) is 17.9 Å². The Bertz CT molecular complexity index is 698. The fourth-order valence-corrected chi connectivity index (χ4v) is 2.23. The molecule has 0 fully saturated rings. The minimum Gasteiger partial charge on any atom is -0.494 e. The fraction of sp³-hybridized carbons (Fsp3) is 0.222. The monoisotopic (exact) mass is 331 g/mol. The topological polar surface area (TPSA) is 75.6 Å². The number of carboxylic acid groups (broad SMARTS) is 1. The average Bonchev–Trinajstić information content (AvgIpc) is 2.55. The lowest BCUT2D eigenvalue weighted by Crippen LogP contribution is -2.30. The molecule has 2 N–H and O–H groups in total. The van der Waals surface area contributed by atoms with E-state index in [4.69, 9.17) is 9.84 Å². The molecule has 0 saturated heterocycles. The number of rotatable bonds is 7. The Balaban J connectivity index is 2.16. The first-order valence-corrected chi connectivity index (χ1v) is 7.50. The van der Waals surface area contributed by atoms with Crippen LogP contribution >= 0.6 is 0 Å². The van der Waals surface area contributed by atoms with Gasteiger partial charge >= 0.3 is 5.97 Å². The van der Waals surface area contributed by atoms with Crippen LogP contribution in [-0.2, 0) is 4.79 Å². The van der Waals surface area contributed by atoms with Crippen molar-refractivity contribution in [3.63, 3.8) is 0 Å². The van der Waals surface area contributed by atoms with Crippen molar-refractivity contribution < 1.29 is 23.8 Å². The van der Waals surface area contributed by atoms with Crippen molar-refractivity contribution in [2.75, 3.05) is 6.61 Å². The van der Waals surface area contributed by atoms with Gasteiger partial charge in [0.15, 0.2) is 0 Å². The molecule has 0 aromatic heterocycles. The Kier molecular flexibility index (Phi) is 5.89. The molecule has 0 aliphatic carbocycles. The van der Waals surface area contributed by atoms with Crippen LogP contribution in [0.25, 0.3) is 0 Å². The number of ether oxygens (including phenoxy) is 1.